The fourth-order valence-electron chi connectivity index (χ4n) is 1.19. The van der Waals surface area contributed by atoms with Gasteiger partial charge in [-0.2, -0.15) is 0 Å². The van der Waals surface area contributed by atoms with Crippen molar-refractivity contribution < 1.29 is 0 Å². The Morgan fingerprint density at radius 3 is 2.60 bits per heavy atom. The summed E-state index contributed by atoms with van der Waals surface area (Å²) in [4.78, 5) is 0. The lowest BCUT2D eigenvalue weighted by atomic mass is 9.81. The van der Waals surface area contributed by atoms with Crippen LogP contribution in [0.4, 0.5) is 0 Å². The molecule has 0 aliphatic carbocycles. The number of hydrogen-bond donors (Lipinski definition) is 1. The van der Waals surface area contributed by atoms with E-state index in [0.29, 0.717) is 11.3 Å². The van der Waals surface area contributed by atoms with Gasteiger partial charge in [-0.15, -0.1) is 5.10 Å². The van der Waals surface area contributed by atoms with Gasteiger partial charge in [0.1, 0.15) is 0 Å². The molecule has 86 valence electrons. The van der Waals surface area contributed by atoms with E-state index in [9.17, 15) is 0 Å². The largest absolute Gasteiger partial charge is 0.311 e. The number of rotatable bonds is 5. The SMILES string of the molecule is CC(C)C(C)(C)CNCc1cnnn1C. The number of aromatic nitrogens is 3. The van der Waals surface area contributed by atoms with Crippen LogP contribution in [-0.2, 0) is 13.6 Å². The Labute approximate surface area is 92.1 Å². The molecule has 0 atom stereocenters. The summed E-state index contributed by atoms with van der Waals surface area (Å²) < 4.78 is 1.80. The molecule has 0 aliphatic rings. The van der Waals surface area contributed by atoms with E-state index >= 15 is 0 Å². The standard InChI is InChI=1S/C11H22N4/c1-9(2)11(3,4)8-12-6-10-7-13-14-15(10)5/h7,9,12H,6,8H2,1-5H3. The zero-order chi connectivity index (χ0) is 11.5. The maximum Gasteiger partial charge on any atom is 0.0738 e. The van der Waals surface area contributed by atoms with Crippen LogP contribution in [-0.4, -0.2) is 21.5 Å². The van der Waals surface area contributed by atoms with Gasteiger partial charge in [-0.25, -0.2) is 0 Å². The Kier molecular flexibility index (Phi) is 3.85. The Balaban J connectivity index is 2.37. The van der Waals surface area contributed by atoms with Crippen LogP contribution in [0.15, 0.2) is 6.20 Å². The van der Waals surface area contributed by atoms with Crippen molar-refractivity contribution in [2.75, 3.05) is 6.54 Å². The van der Waals surface area contributed by atoms with Crippen molar-refractivity contribution in [3.05, 3.63) is 11.9 Å². The van der Waals surface area contributed by atoms with E-state index in [1.54, 1.807) is 10.9 Å². The summed E-state index contributed by atoms with van der Waals surface area (Å²) in [5, 5.41) is 11.2. The summed E-state index contributed by atoms with van der Waals surface area (Å²) in [6, 6.07) is 0. The fraction of sp³-hybridized carbons (Fsp3) is 0.818. The normalized spacial score (nSPS) is 12.4. The van der Waals surface area contributed by atoms with Gasteiger partial charge in [0.05, 0.1) is 11.9 Å². The summed E-state index contributed by atoms with van der Waals surface area (Å²) in [6.07, 6.45) is 1.80. The molecule has 0 amide bonds. The predicted molar refractivity (Wildman–Crippen MR) is 61.3 cm³/mol. The maximum atomic E-state index is 3.89. The molecule has 1 aromatic heterocycles. The molecule has 0 saturated heterocycles. The van der Waals surface area contributed by atoms with Crippen LogP contribution in [0, 0.1) is 11.3 Å². The number of nitrogens with zero attached hydrogens (tertiary/aromatic N) is 3. The van der Waals surface area contributed by atoms with Gasteiger partial charge in [0, 0.05) is 20.1 Å². The van der Waals surface area contributed by atoms with E-state index in [0.717, 1.165) is 18.8 Å². The van der Waals surface area contributed by atoms with E-state index in [-0.39, 0.29) is 0 Å². The van der Waals surface area contributed by atoms with E-state index < -0.39 is 0 Å². The molecule has 4 heteroatoms. The minimum Gasteiger partial charge on any atom is -0.311 e. The molecule has 1 rings (SSSR count). The quantitative estimate of drug-likeness (QED) is 0.802. The summed E-state index contributed by atoms with van der Waals surface area (Å²) >= 11 is 0. The lowest BCUT2D eigenvalue weighted by Crippen LogP contribution is -2.33. The molecule has 0 spiro atoms. The summed E-state index contributed by atoms with van der Waals surface area (Å²) in [5.41, 5.74) is 1.45. The second-order valence-electron chi connectivity index (χ2n) is 5.10. The first-order valence-electron chi connectivity index (χ1n) is 5.48. The third-order valence-electron chi connectivity index (χ3n) is 3.26. The van der Waals surface area contributed by atoms with Crippen molar-refractivity contribution in [2.24, 2.45) is 18.4 Å². The number of aryl methyl sites for hydroxylation is 1. The number of hydrogen-bond acceptors (Lipinski definition) is 3. The summed E-state index contributed by atoms with van der Waals surface area (Å²) in [6.45, 7) is 10.9. The maximum absolute atomic E-state index is 3.89. The molecule has 0 radical (unpaired) electrons. The van der Waals surface area contributed by atoms with Gasteiger partial charge in [0.2, 0.25) is 0 Å². The smallest absolute Gasteiger partial charge is 0.0738 e. The molecule has 0 aliphatic heterocycles. The average Bonchev–Trinajstić information content (AvgIpc) is 2.51. The van der Waals surface area contributed by atoms with Crippen molar-refractivity contribution >= 4 is 0 Å². The minimum absolute atomic E-state index is 0.325. The second-order valence-corrected chi connectivity index (χ2v) is 5.10. The lowest BCUT2D eigenvalue weighted by Gasteiger charge is -2.29. The Morgan fingerprint density at radius 2 is 2.13 bits per heavy atom. The minimum atomic E-state index is 0.325. The van der Waals surface area contributed by atoms with Crippen molar-refractivity contribution in [3.63, 3.8) is 0 Å². The van der Waals surface area contributed by atoms with E-state index in [2.05, 4.69) is 43.3 Å². The van der Waals surface area contributed by atoms with Crippen LogP contribution in [0.5, 0.6) is 0 Å². The molecular weight excluding hydrogens is 188 g/mol. The third kappa shape index (κ3) is 3.30. The van der Waals surface area contributed by atoms with Gasteiger partial charge in [0.15, 0.2) is 0 Å². The topological polar surface area (TPSA) is 42.7 Å². The Hall–Kier alpha value is -0.900. The highest BCUT2D eigenvalue weighted by Gasteiger charge is 2.21. The van der Waals surface area contributed by atoms with Crippen LogP contribution in [0.2, 0.25) is 0 Å². The van der Waals surface area contributed by atoms with Crippen LogP contribution in [0.1, 0.15) is 33.4 Å². The molecule has 1 N–H and O–H groups in total. The molecule has 0 bridgehead atoms. The van der Waals surface area contributed by atoms with Gasteiger partial charge in [-0.1, -0.05) is 32.9 Å². The molecule has 0 aromatic carbocycles. The van der Waals surface area contributed by atoms with Crippen LogP contribution < -0.4 is 5.32 Å². The fourth-order valence-corrected chi connectivity index (χ4v) is 1.19. The van der Waals surface area contributed by atoms with Crippen molar-refractivity contribution in [2.45, 2.75) is 34.2 Å². The van der Waals surface area contributed by atoms with Gasteiger partial charge in [-0.05, 0) is 11.3 Å². The third-order valence-corrected chi connectivity index (χ3v) is 3.26. The van der Waals surface area contributed by atoms with E-state index in [1.165, 1.54) is 0 Å². The zero-order valence-electron chi connectivity index (χ0n) is 10.4. The zero-order valence-corrected chi connectivity index (χ0v) is 10.4. The van der Waals surface area contributed by atoms with E-state index in [1.807, 2.05) is 7.05 Å². The van der Waals surface area contributed by atoms with E-state index in [4.69, 9.17) is 0 Å². The van der Waals surface area contributed by atoms with Crippen LogP contribution in [0.3, 0.4) is 0 Å². The molecule has 0 saturated carbocycles. The predicted octanol–water partition coefficient (Wildman–Crippen LogP) is 1.59. The van der Waals surface area contributed by atoms with Gasteiger partial charge < -0.3 is 5.32 Å². The number of nitrogens with one attached hydrogen (secondary N) is 1. The summed E-state index contributed by atoms with van der Waals surface area (Å²) in [5.74, 6) is 0.676. The molecule has 1 heterocycles. The Bertz CT molecular complexity index is 301. The monoisotopic (exact) mass is 210 g/mol. The first kappa shape index (κ1) is 12.2. The highest BCUT2D eigenvalue weighted by molar-refractivity contribution is 4.92. The van der Waals surface area contributed by atoms with Crippen molar-refractivity contribution in [1.82, 2.24) is 20.3 Å². The molecule has 1 aromatic rings. The van der Waals surface area contributed by atoms with Gasteiger partial charge in [-0.3, -0.25) is 4.68 Å². The van der Waals surface area contributed by atoms with Gasteiger partial charge >= 0.3 is 0 Å². The average molecular weight is 210 g/mol. The highest BCUT2D eigenvalue weighted by atomic mass is 15.4. The van der Waals surface area contributed by atoms with Crippen molar-refractivity contribution in [3.8, 4) is 0 Å². The molecule has 0 fully saturated rings. The van der Waals surface area contributed by atoms with Crippen LogP contribution >= 0.6 is 0 Å². The first-order valence-corrected chi connectivity index (χ1v) is 5.48. The highest BCUT2D eigenvalue weighted by Crippen LogP contribution is 2.24. The molecular formula is C11H22N4. The molecule has 15 heavy (non-hydrogen) atoms. The van der Waals surface area contributed by atoms with Crippen LogP contribution in [0.25, 0.3) is 0 Å². The Morgan fingerprint density at radius 1 is 1.47 bits per heavy atom. The first-order chi connectivity index (χ1) is 6.93. The second kappa shape index (κ2) is 4.75. The van der Waals surface area contributed by atoms with Crippen molar-refractivity contribution in [1.29, 1.82) is 0 Å². The molecule has 4 nitrogen and oxygen atoms in total. The molecule has 0 unspecified atom stereocenters. The summed E-state index contributed by atoms with van der Waals surface area (Å²) in [7, 11) is 1.91. The van der Waals surface area contributed by atoms with Gasteiger partial charge in [0.25, 0.3) is 0 Å². The lowest BCUT2D eigenvalue weighted by molar-refractivity contribution is 0.237.